The van der Waals surface area contributed by atoms with Crippen LogP contribution in [0.2, 0.25) is 0 Å². The van der Waals surface area contributed by atoms with Crippen LogP contribution in [0.5, 0.6) is 0 Å². The highest BCUT2D eigenvalue weighted by Crippen LogP contribution is 2.22. The number of aromatic nitrogens is 2. The molecule has 1 atom stereocenters. The standard InChI is InChI=1S/C22H30N6O3S/c1-32(30,31)19-9-7-17(8-10-19)24-20-14-23-15-21(26-20)28-13-5-6-18(16-28)25-22(29)27-11-3-2-4-12-27/h7-10,14-15,18H,2-6,11-13,16H2,1H3,(H,24,26)(H,25,29)/t18-/m1/s1. The molecule has 3 heterocycles. The Bertz CT molecular complexity index is 1040. The smallest absolute Gasteiger partial charge is 0.317 e. The summed E-state index contributed by atoms with van der Waals surface area (Å²) >= 11 is 0. The lowest BCUT2D eigenvalue weighted by molar-refractivity contribution is 0.181. The van der Waals surface area contributed by atoms with E-state index in [0.717, 1.165) is 56.8 Å². The first kappa shape index (κ1) is 22.3. The van der Waals surface area contributed by atoms with Gasteiger partial charge in [-0.25, -0.2) is 18.2 Å². The van der Waals surface area contributed by atoms with Gasteiger partial charge < -0.3 is 20.4 Å². The molecule has 2 aromatic rings. The molecule has 2 aliphatic heterocycles. The van der Waals surface area contributed by atoms with Crippen LogP contribution in [0, 0.1) is 0 Å². The van der Waals surface area contributed by atoms with Crippen LogP contribution >= 0.6 is 0 Å². The number of anilines is 3. The van der Waals surface area contributed by atoms with Crippen LogP contribution in [-0.2, 0) is 9.84 Å². The van der Waals surface area contributed by atoms with E-state index in [4.69, 9.17) is 0 Å². The number of carbonyl (C=O) groups is 1. The van der Waals surface area contributed by atoms with Crippen LogP contribution < -0.4 is 15.5 Å². The van der Waals surface area contributed by atoms with Gasteiger partial charge in [0.1, 0.15) is 5.82 Å². The van der Waals surface area contributed by atoms with Gasteiger partial charge >= 0.3 is 6.03 Å². The summed E-state index contributed by atoms with van der Waals surface area (Å²) in [6.07, 6.45) is 9.83. The van der Waals surface area contributed by atoms with Crippen LogP contribution in [0.15, 0.2) is 41.6 Å². The van der Waals surface area contributed by atoms with Crippen LogP contribution in [-0.4, -0.2) is 67.8 Å². The van der Waals surface area contributed by atoms with E-state index in [1.54, 1.807) is 36.7 Å². The highest BCUT2D eigenvalue weighted by Gasteiger charge is 2.25. The normalized spacial score (nSPS) is 19.5. The topological polar surface area (TPSA) is 108 Å². The van der Waals surface area contributed by atoms with Crippen LogP contribution in [0.4, 0.5) is 22.1 Å². The number of hydrogen-bond acceptors (Lipinski definition) is 7. The first-order valence-electron chi connectivity index (χ1n) is 11.1. The zero-order chi connectivity index (χ0) is 22.6. The summed E-state index contributed by atoms with van der Waals surface area (Å²) in [6, 6.07) is 6.66. The molecule has 2 N–H and O–H groups in total. The van der Waals surface area contributed by atoms with Crippen LogP contribution in [0.1, 0.15) is 32.1 Å². The third-order valence-electron chi connectivity index (χ3n) is 5.89. The van der Waals surface area contributed by atoms with Crippen molar-refractivity contribution in [2.24, 2.45) is 0 Å². The van der Waals surface area contributed by atoms with Gasteiger partial charge in [0.2, 0.25) is 0 Å². The quantitative estimate of drug-likeness (QED) is 0.709. The van der Waals surface area contributed by atoms with Crippen molar-refractivity contribution in [3.05, 3.63) is 36.7 Å². The minimum absolute atomic E-state index is 0.0376. The number of nitrogens with one attached hydrogen (secondary N) is 2. The third-order valence-corrected chi connectivity index (χ3v) is 7.02. The molecule has 32 heavy (non-hydrogen) atoms. The first-order chi connectivity index (χ1) is 15.4. The van der Waals surface area contributed by atoms with E-state index in [-0.39, 0.29) is 17.0 Å². The first-order valence-corrected chi connectivity index (χ1v) is 13.0. The molecule has 2 aliphatic rings. The molecule has 0 bridgehead atoms. The molecule has 0 spiro atoms. The molecule has 2 saturated heterocycles. The zero-order valence-corrected chi connectivity index (χ0v) is 19.1. The molecule has 2 amide bonds. The largest absolute Gasteiger partial charge is 0.353 e. The van der Waals surface area contributed by atoms with Crippen molar-refractivity contribution in [3.8, 4) is 0 Å². The second-order valence-corrected chi connectivity index (χ2v) is 10.5. The van der Waals surface area contributed by atoms with Crippen molar-refractivity contribution in [2.45, 2.75) is 43.0 Å². The molecule has 10 heteroatoms. The predicted octanol–water partition coefficient (Wildman–Crippen LogP) is 2.79. The Labute approximate surface area is 189 Å². The van der Waals surface area contributed by atoms with E-state index in [0.29, 0.717) is 12.4 Å². The third kappa shape index (κ3) is 5.67. The molecule has 1 aromatic carbocycles. The maximum atomic E-state index is 12.6. The van der Waals surface area contributed by atoms with Gasteiger partial charge in [-0.2, -0.15) is 0 Å². The molecule has 4 rings (SSSR count). The van der Waals surface area contributed by atoms with Gasteiger partial charge in [0.15, 0.2) is 15.7 Å². The van der Waals surface area contributed by atoms with Crippen molar-refractivity contribution in [2.75, 3.05) is 42.7 Å². The van der Waals surface area contributed by atoms with Crippen LogP contribution in [0.3, 0.4) is 0 Å². The van der Waals surface area contributed by atoms with Crippen molar-refractivity contribution in [1.29, 1.82) is 0 Å². The Morgan fingerprint density at radius 3 is 2.50 bits per heavy atom. The van der Waals surface area contributed by atoms with E-state index >= 15 is 0 Å². The number of amides is 2. The molecule has 2 fully saturated rings. The fourth-order valence-corrected chi connectivity index (χ4v) is 4.80. The number of sulfone groups is 1. The SMILES string of the molecule is CS(=O)(=O)c1ccc(Nc2cncc(N3CCC[C@@H](NC(=O)N4CCCCC4)C3)n2)cc1. The molecule has 0 unspecified atom stereocenters. The number of piperidine rings is 2. The molecule has 0 aliphatic carbocycles. The van der Waals surface area contributed by atoms with E-state index < -0.39 is 9.84 Å². The van der Waals surface area contributed by atoms with Gasteiger partial charge in [0.05, 0.1) is 17.3 Å². The number of likely N-dealkylation sites (tertiary alicyclic amines) is 1. The summed E-state index contributed by atoms with van der Waals surface area (Å²) in [4.78, 5) is 25.9. The number of urea groups is 1. The van der Waals surface area contributed by atoms with Gasteiger partial charge in [-0.3, -0.25) is 4.98 Å². The summed E-state index contributed by atoms with van der Waals surface area (Å²) in [7, 11) is -3.23. The average Bonchev–Trinajstić information content (AvgIpc) is 2.80. The number of benzene rings is 1. The molecule has 1 aromatic heterocycles. The monoisotopic (exact) mass is 458 g/mol. The van der Waals surface area contributed by atoms with Crippen molar-refractivity contribution < 1.29 is 13.2 Å². The Balaban J connectivity index is 1.38. The fraction of sp³-hybridized carbons (Fsp3) is 0.500. The van der Waals surface area contributed by atoms with Gasteiger partial charge in [-0.1, -0.05) is 0 Å². The maximum absolute atomic E-state index is 12.6. The summed E-state index contributed by atoms with van der Waals surface area (Å²) < 4.78 is 23.3. The molecule has 9 nitrogen and oxygen atoms in total. The van der Waals surface area contributed by atoms with Crippen LogP contribution in [0.25, 0.3) is 0 Å². The minimum atomic E-state index is -3.23. The number of carbonyl (C=O) groups excluding carboxylic acids is 1. The Morgan fingerprint density at radius 2 is 1.78 bits per heavy atom. The van der Waals surface area contributed by atoms with Gasteiger partial charge in [-0.15, -0.1) is 0 Å². The average molecular weight is 459 g/mol. The van der Waals surface area contributed by atoms with E-state index in [1.165, 1.54) is 12.7 Å². The summed E-state index contributed by atoms with van der Waals surface area (Å²) in [6.45, 7) is 3.23. The summed E-state index contributed by atoms with van der Waals surface area (Å²) in [5.74, 6) is 1.33. The summed E-state index contributed by atoms with van der Waals surface area (Å²) in [5, 5.41) is 6.37. The number of nitrogens with zero attached hydrogens (tertiary/aromatic N) is 4. The van der Waals surface area contributed by atoms with E-state index in [1.807, 2.05) is 4.90 Å². The highest BCUT2D eigenvalue weighted by atomic mass is 32.2. The number of rotatable bonds is 5. The van der Waals surface area contributed by atoms with Gasteiger partial charge in [0, 0.05) is 44.2 Å². The lowest BCUT2D eigenvalue weighted by atomic mass is 10.1. The molecule has 0 radical (unpaired) electrons. The molecule has 0 saturated carbocycles. The highest BCUT2D eigenvalue weighted by molar-refractivity contribution is 7.90. The maximum Gasteiger partial charge on any atom is 0.317 e. The lowest BCUT2D eigenvalue weighted by Crippen LogP contribution is -2.52. The van der Waals surface area contributed by atoms with E-state index in [9.17, 15) is 13.2 Å². The second-order valence-electron chi connectivity index (χ2n) is 8.47. The molecule has 172 valence electrons. The van der Waals surface area contributed by atoms with Crippen molar-refractivity contribution in [1.82, 2.24) is 20.2 Å². The van der Waals surface area contributed by atoms with Gasteiger partial charge in [0.25, 0.3) is 0 Å². The minimum Gasteiger partial charge on any atom is -0.353 e. The predicted molar refractivity (Wildman–Crippen MR) is 124 cm³/mol. The zero-order valence-electron chi connectivity index (χ0n) is 18.3. The Morgan fingerprint density at radius 1 is 1.03 bits per heavy atom. The second kappa shape index (κ2) is 9.72. The fourth-order valence-electron chi connectivity index (χ4n) is 4.17. The van der Waals surface area contributed by atoms with E-state index in [2.05, 4.69) is 25.5 Å². The van der Waals surface area contributed by atoms with Crippen molar-refractivity contribution in [3.63, 3.8) is 0 Å². The Hall–Kier alpha value is -2.88. The van der Waals surface area contributed by atoms with Gasteiger partial charge in [-0.05, 0) is 56.4 Å². The molecular weight excluding hydrogens is 428 g/mol. The molecular formula is C22H30N6O3S. The van der Waals surface area contributed by atoms with Crippen molar-refractivity contribution >= 4 is 33.2 Å². The lowest BCUT2D eigenvalue weighted by Gasteiger charge is -2.35. The number of hydrogen-bond donors (Lipinski definition) is 2. The Kier molecular flexibility index (Phi) is 6.78. The summed E-state index contributed by atoms with van der Waals surface area (Å²) in [5.41, 5.74) is 0.731.